The molecular formula is C9H7BF3O-. The summed E-state index contributed by atoms with van der Waals surface area (Å²) in [6.45, 7) is -5.40. The molecule has 0 unspecified atom stereocenters. The first-order valence-electron chi connectivity index (χ1n) is 3.97. The van der Waals surface area contributed by atoms with Crippen LogP contribution in [0.25, 0.3) is 6.08 Å². The van der Waals surface area contributed by atoms with E-state index >= 15 is 0 Å². The zero-order valence-corrected chi connectivity index (χ0v) is 7.16. The van der Waals surface area contributed by atoms with Gasteiger partial charge in [0.15, 0.2) is 0 Å². The van der Waals surface area contributed by atoms with E-state index in [0.29, 0.717) is 11.6 Å². The lowest BCUT2D eigenvalue weighted by atomic mass is 9.84. The number of rotatable bonds is 3. The second-order valence-electron chi connectivity index (χ2n) is 2.72. The predicted octanol–water partition coefficient (Wildman–Crippen LogP) is 2.66. The van der Waals surface area contributed by atoms with Crippen LogP contribution >= 0.6 is 0 Å². The summed E-state index contributed by atoms with van der Waals surface area (Å²) < 4.78 is 35.4. The van der Waals surface area contributed by atoms with E-state index in [0.717, 1.165) is 6.08 Å². The number of halogens is 3. The van der Waals surface area contributed by atoms with Crippen molar-refractivity contribution in [3.8, 4) is 0 Å². The van der Waals surface area contributed by atoms with Crippen molar-refractivity contribution in [3.63, 3.8) is 0 Å². The van der Waals surface area contributed by atoms with Gasteiger partial charge in [0.25, 0.3) is 0 Å². The van der Waals surface area contributed by atoms with Crippen LogP contribution in [0.2, 0.25) is 0 Å². The average Bonchev–Trinajstić information content (AvgIpc) is 2.14. The van der Waals surface area contributed by atoms with E-state index in [4.69, 9.17) is 0 Å². The highest BCUT2D eigenvalue weighted by atomic mass is 19.4. The smallest absolute Gasteiger partial charge is 0.443 e. The van der Waals surface area contributed by atoms with E-state index in [9.17, 15) is 17.7 Å². The maximum absolute atomic E-state index is 11.8. The number of carbonyl (C=O) groups excluding carboxylic acids is 1. The van der Waals surface area contributed by atoms with Gasteiger partial charge in [-0.15, -0.1) is 0 Å². The van der Waals surface area contributed by atoms with Gasteiger partial charge in [0.2, 0.25) is 0 Å². The molecule has 1 aromatic rings. The van der Waals surface area contributed by atoms with Crippen LogP contribution in [-0.2, 0) is 4.79 Å². The van der Waals surface area contributed by atoms with Crippen LogP contribution in [0.5, 0.6) is 0 Å². The summed E-state index contributed by atoms with van der Waals surface area (Å²) in [7, 11) is 0. The lowest BCUT2D eigenvalue weighted by Gasteiger charge is -2.08. The van der Waals surface area contributed by atoms with Gasteiger partial charge in [-0.2, -0.15) is 0 Å². The number of carbonyl (C=O) groups is 1. The van der Waals surface area contributed by atoms with Crippen LogP contribution in [0.4, 0.5) is 12.9 Å². The zero-order chi connectivity index (χ0) is 10.6. The third-order valence-corrected chi connectivity index (χ3v) is 1.56. The minimum Gasteiger partial charge on any atom is -0.443 e. The Morgan fingerprint density at radius 1 is 1.14 bits per heavy atom. The molecule has 0 fully saturated rings. The van der Waals surface area contributed by atoms with Gasteiger partial charge < -0.3 is 17.7 Å². The molecule has 74 valence electrons. The molecule has 0 aliphatic heterocycles. The Balaban J connectivity index is 2.71. The molecule has 1 nitrogen and oxygen atoms in total. The van der Waals surface area contributed by atoms with Crippen LogP contribution < -0.4 is 0 Å². The highest BCUT2D eigenvalue weighted by molar-refractivity contribution is 6.92. The molecule has 0 aliphatic carbocycles. The van der Waals surface area contributed by atoms with Crippen LogP contribution in [0.3, 0.4) is 0 Å². The Kier molecular flexibility index (Phi) is 3.12. The van der Waals surface area contributed by atoms with Crippen molar-refractivity contribution >= 4 is 18.7 Å². The first kappa shape index (κ1) is 10.6. The highest BCUT2D eigenvalue weighted by Crippen LogP contribution is 2.11. The molecule has 0 aromatic heterocycles. The monoisotopic (exact) mass is 199 g/mol. The standard InChI is InChI=1S/C9H7BF3O/c11-10(12,13)9(14)7-6-8-4-2-1-3-5-8/h1-7H/q-1/b7-6+. The molecule has 0 saturated heterocycles. The van der Waals surface area contributed by atoms with Gasteiger partial charge in [0.1, 0.15) is 0 Å². The number of benzene rings is 1. The van der Waals surface area contributed by atoms with Gasteiger partial charge in [-0.25, -0.2) is 0 Å². The van der Waals surface area contributed by atoms with Crippen LogP contribution in [0.15, 0.2) is 36.4 Å². The van der Waals surface area contributed by atoms with E-state index in [1.807, 2.05) is 0 Å². The maximum Gasteiger partial charge on any atom is 0.549 e. The fourth-order valence-electron chi connectivity index (χ4n) is 0.852. The molecule has 0 radical (unpaired) electrons. The summed E-state index contributed by atoms with van der Waals surface area (Å²) >= 11 is 0. The topological polar surface area (TPSA) is 17.1 Å². The van der Waals surface area contributed by atoms with E-state index in [1.165, 1.54) is 0 Å². The molecule has 0 saturated carbocycles. The average molecular weight is 199 g/mol. The highest BCUT2D eigenvalue weighted by Gasteiger charge is 2.30. The number of hydrogen-bond acceptors (Lipinski definition) is 1. The van der Waals surface area contributed by atoms with Gasteiger partial charge in [-0.3, -0.25) is 0 Å². The third-order valence-electron chi connectivity index (χ3n) is 1.56. The largest absolute Gasteiger partial charge is 0.549 e. The van der Waals surface area contributed by atoms with Crippen LogP contribution in [0, 0.1) is 0 Å². The molecule has 0 aliphatic rings. The van der Waals surface area contributed by atoms with Crippen molar-refractivity contribution < 1.29 is 17.7 Å². The zero-order valence-electron chi connectivity index (χ0n) is 7.16. The molecule has 0 amide bonds. The van der Waals surface area contributed by atoms with Crippen molar-refractivity contribution in [2.45, 2.75) is 0 Å². The van der Waals surface area contributed by atoms with E-state index < -0.39 is 12.7 Å². The van der Waals surface area contributed by atoms with Gasteiger partial charge in [-0.05, 0) is 11.6 Å². The van der Waals surface area contributed by atoms with E-state index in [-0.39, 0.29) is 0 Å². The number of allylic oxidation sites excluding steroid dienone is 1. The molecule has 1 rings (SSSR count). The summed E-state index contributed by atoms with van der Waals surface area (Å²) in [5, 5.41) is 0. The lowest BCUT2D eigenvalue weighted by molar-refractivity contribution is -0.110. The van der Waals surface area contributed by atoms with Gasteiger partial charge >= 0.3 is 6.98 Å². The molecule has 0 heterocycles. The maximum atomic E-state index is 11.8. The van der Waals surface area contributed by atoms with Gasteiger partial charge in [0, 0.05) is 0 Å². The first-order valence-corrected chi connectivity index (χ1v) is 3.97. The molecule has 0 N–H and O–H groups in total. The first-order chi connectivity index (χ1) is 6.50. The molecule has 0 atom stereocenters. The van der Waals surface area contributed by atoms with Crippen molar-refractivity contribution in [1.82, 2.24) is 0 Å². The van der Waals surface area contributed by atoms with Crippen molar-refractivity contribution in [2.24, 2.45) is 0 Å². The molecule has 5 heteroatoms. The SMILES string of the molecule is O=C(/C=C/c1ccccc1)[B-](F)(F)F. The van der Waals surface area contributed by atoms with Gasteiger partial charge in [-0.1, -0.05) is 36.4 Å². The van der Waals surface area contributed by atoms with E-state index in [1.54, 1.807) is 30.3 Å². The summed E-state index contributed by atoms with van der Waals surface area (Å²) in [6, 6.07) is 8.35. The van der Waals surface area contributed by atoms with Crippen LogP contribution in [-0.4, -0.2) is 12.7 Å². The Morgan fingerprint density at radius 2 is 1.71 bits per heavy atom. The van der Waals surface area contributed by atoms with Crippen molar-refractivity contribution in [3.05, 3.63) is 42.0 Å². The minimum absolute atomic E-state index is 0.551. The molecule has 14 heavy (non-hydrogen) atoms. The second-order valence-corrected chi connectivity index (χ2v) is 2.72. The summed E-state index contributed by atoms with van der Waals surface area (Å²) in [5.41, 5.74) is -1.21. The van der Waals surface area contributed by atoms with Crippen molar-refractivity contribution in [1.29, 1.82) is 0 Å². The lowest BCUT2D eigenvalue weighted by Crippen LogP contribution is -2.27. The second kappa shape index (κ2) is 4.13. The Bertz CT molecular complexity index is 343. The molecular weight excluding hydrogens is 192 g/mol. The molecule has 1 aromatic carbocycles. The predicted molar refractivity (Wildman–Crippen MR) is 49.6 cm³/mol. The fraction of sp³-hybridized carbons (Fsp3) is 0. The Labute approximate surface area is 79.3 Å². The minimum atomic E-state index is -5.40. The van der Waals surface area contributed by atoms with Crippen molar-refractivity contribution in [2.75, 3.05) is 0 Å². The fourth-order valence-corrected chi connectivity index (χ4v) is 0.852. The third kappa shape index (κ3) is 3.09. The normalized spacial score (nSPS) is 11.9. The Morgan fingerprint density at radius 3 is 2.21 bits per heavy atom. The van der Waals surface area contributed by atoms with Gasteiger partial charge in [0.05, 0.1) is 5.68 Å². The summed E-state index contributed by atoms with van der Waals surface area (Å²) in [4.78, 5) is 10.5. The molecule has 0 spiro atoms. The summed E-state index contributed by atoms with van der Waals surface area (Å²) in [5.74, 6) is 0. The number of hydrogen-bond donors (Lipinski definition) is 0. The van der Waals surface area contributed by atoms with E-state index in [2.05, 4.69) is 0 Å². The van der Waals surface area contributed by atoms with Crippen LogP contribution in [0.1, 0.15) is 5.56 Å². The molecule has 0 bridgehead atoms. The quantitative estimate of drug-likeness (QED) is 0.540. The Hall–Kier alpha value is -1.52. The summed E-state index contributed by atoms with van der Waals surface area (Å²) in [6.07, 6.45) is 1.70.